The monoisotopic (exact) mass is 286 g/mol. The van der Waals surface area contributed by atoms with Crippen molar-refractivity contribution in [1.29, 1.82) is 0 Å². The Morgan fingerprint density at radius 2 is 1.88 bits per heavy atom. The molecule has 1 atom stereocenters. The zero-order valence-corrected chi connectivity index (χ0v) is 11.9. The topological polar surface area (TPSA) is 18.5 Å². The first kappa shape index (κ1) is 13.4. The Kier molecular flexibility index (Phi) is 5.13. The molecule has 16 heavy (non-hydrogen) atoms. The van der Waals surface area contributed by atoms with Gasteiger partial charge in [-0.25, -0.2) is 0 Å². The van der Waals surface area contributed by atoms with Crippen molar-refractivity contribution in [3.05, 3.63) is 23.8 Å². The van der Waals surface area contributed by atoms with E-state index in [1.807, 2.05) is 12.1 Å². The lowest BCUT2D eigenvalue weighted by Gasteiger charge is -2.16. The Balaban J connectivity index is 2.87. The van der Waals surface area contributed by atoms with Crippen molar-refractivity contribution in [2.75, 3.05) is 14.2 Å². The second-order valence-electron chi connectivity index (χ2n) is 4.14. The second-order valence-corrected chi connectivity index (χ2v) is 5.32. The van der Waals surface area contributed by atoms with Crippen LogP contribution in [0.3, 0.4) is 0 Å². The molecule has 90 valence electrons. The maximum Gasteiger partial charge on any atom is 0.125 e. The van der Waals surface area contributed by atoms with Gasteiger partial charge in [0.25, 0.3) is 0 Å². The van der Waals surface area contributed by atoms with Crippen molar-refractivity contribution in [3.8, 4) is 11.5 Å². The van der Waals surface area contributed by atoms with Crippen LogP contribution in [0.15, 0.2) is 18.2 Å². The molecule has 2 nitrogen and oxygen atoms in total. The smallest absolute Gasteiger partial charge is 0.125 e. The van der Waals surface area contributed by atoms with Gasteiger partial charge in [-0.3, -0.25) is 0 Å². The fourth-order valence-electron chi connectivity index (χ4n) is 1.47. The summed E-state index contributed by atoms with van der Waals surface area (Å²) >= 11 is 3.69. The lowest BCUT2D eigenvalue weighted by Crippen LogP contribution is -2.11. The quantitative estimate of drug-likeness (QED) is 0.769. The lowest BCUT2D eigenvalue weighted by atomic mass is 10.0. The molecular formula is C13H19BrO2. The van der Waals surface area contributed by atoms with Crippen LogP contribution < -0.4 is 9.47 Å². The molecule has 0 spiro atoms. The molecule has 1 aromatic carbocycles. The van der Waals surface area contributed by atoms with Crippen LogP contribution in [-0.4, -0.2) is 19.0 Å². The largest absolute Gasteiger partial charge is 0.497 e. The van der Waals surface area contributed by atoms with E-state index >= 15 is 0 Å². The fraction of sp³-hybridized carbons (Fsp3) is 0.538. The van der Waals surface area contributed by atoms with Gasteiger partial charge < -0.3 is 9.47 Å². The van der Waals surface area contributed by atoms with Gasteiger partial charge in [0.2, 0.25) is 0 Å². The van der Waals surface area contributed by atoms with E-state index in [2.05, 4.69) is 35.8 Å². The van der Waals surface area contributed by atoms with E-state index in [1.54, 1.807) is 14.2 Å². The van der Waals surface area contributed by atoms with Crippen molar-refractivity contribution in [2.45, 2.75) is 25.1 Å². The first-order valence-electron chi connectivity index (χ1n) is 5.43. The number of hydrogen-bond donors (Lipinski definition) is 0. The molecule has 0 N–H and O–H groups in total. The Morgan fingerprint density at radius 1 is 1.19 bits per heavy atom. The van der Waals surface area contributed by atoms with E-state index in [9.17, 15) is 0 Å². The summed E-state index contributed by atoms with van der Waals surface area (Å²) in [5.74, 6) is 2.33. The molecule has 1 rings (SSSR count). The number of alkyl halides is 1. The zero-order chi connectivity index (χ0) is 12.1. The molecule has 3 heteroatoms. The van der Waals surface area contributed by atoms with Gasteiger partial charge in [0, 0.05) is 10.9 Å². The number of benzene rings is 1. The highest BCUT2D eigenvalue weighted by molar-refractivity contribution is 9.09. The molecule has 0 aliphatic rings. The Labute approximate surface area is 106 Å². The standard InChI is InChI=1S/C13H19BrO2/c1-9(2)12(14)7-10-5-6-11(15-3)8-13(10)16-4/h5-6,8-9,12H,7H2,1-4H3. The summed E-state index contributed by atoms with van der Waals surface area (Å²) in [7, 11) is 3.35. The summed E-state index contributed by atoms with van der Waals surface area (Å²) in [5.41, 5.74) is 1.21. The van der Waals surface area contributed by atoms with Gasteiger partial charge in [0.05, 0.1) is 14.2 Å². The normalized spacial score (nSPS) is 12.6. The molecule has 0 saturated carbocycles. The molecule has 0 saturated heterocycles. The van der Waals surface area contributed by atoms with E-state index in [0.29, 0.717) is 10.7 Å². The number of halogens is 1. The van der Waals surface area contributed by atoms with Crippen LogP contribution in [0.4, 0.5) is 0 Å². The van der Waals surface area contributed by atoms with E-state index in [-0.39, 0.29) is 0 Å². The van der Waals surface area contributed by atoms with Crippen molar-refractivity contribution in [3.63, 3.8) is 0 Å². The third-order valence-electron chi connectivity index (χ3n) is 2.63. The van der Waals surface area contributed by atoms with E-state index in [4.69, 9.17) is 9.47 Å². The van der Waals surface area contributed by atoms with Gasteiger partial charge in [-0.2, -0.15) is 0 Å². The van der Waals surface area contributed by atoms with Crippen LogP contribution in [0.2, 0.25) is 0 Å². The number of hydrogen-bond acceptors (Lipinski definition) is 2. The predicted octanol–water partition coefficient (Wildman–Crippen LogP) is 3.67. The maximum absolute atomic E-state index is 5.37. The Hall–Kier alpha value is -0.700. The van der Waals surface area contributed by atoms with Gasteiger partial charge in [0.1, 0.15) is 11.5 Å². The molecule has 0 amide bonds. The van der Waals surface area contributed by atoms with E-state index in [1.165, 1.54) is 5.56 Å². The molecule has 0 heterocycles. The second kappa shape index (κ2) is 6.14. The first-order valence-corrected chi connectivity index (χ1v) is 6.35. The molecule has 0 aliphatic heterocycles. The van der Waals surface area contributed by atoms with Crippen LogP contribution >= 0.6 is 15.9 Å². The molecule has 1 unspecified atom stereocenters. The number of ether oxygens (including phenoxy) is 2. The van der Waals surface area contributed by atoms with Gasteiger partial charge in [0.15, 0.2) is 0 Å². The van der Waals surface area contributed by atoms with E-state index < -0.39 is 0 Å². The van der Waals surface area contributed by atoms with Gasteiger partial charge >= 0.3 is 0 Å². The van der Waals surface area contributed by atoms with Crippen LogP contribution in [0.1, 0.15) is 19.4 Å². The van der Waals surface area contributed by atoms with Crippen molar-refractivity contribution in [2.24, 2.45) is 5.92 Å². The SMILES string of the molecule is COc1ccc(CC(Br)C(C)C)c(OC)c1. The van der Waals surface area contributed by atoms with Gasteiger partial charge in [-0.1, -0.05) is 35.8 Å². The Bertz CT molecular complexity index is 337. The van der Waals surface area contributed by atoms with Crippen molar-refractivity contribution >= 4 is 15.9 Å². The molecule has 0 bridgehead atoms. The van der Waals surface area contributed by atoms with Crippen LogP contribution in [0.5, 0.6) is 11.5 Å². The highest BCUT2D eigenvalue weighted by Gasteiger charge is 2.13. The summed E-state index contributed by atoms with van der Waals surface area (Å²) < 4.78 is 10.5. The van der Waals surface area contributed by atoms with Crippen LogP contribution in [0.25, 0.3) is 0 Å². The highest BCUT2D eigenvalue weighted by Crippen LogP contribution is 2.28. The minimum Gasteiger partial charge on any atom is -0.497 e. The molecule has 0 radical (unpaired) electrons. The van der Waals surface area contributed by atoms with Crippen LogP contribution in [-0.2, 0) is 6.42 Å². The predicted molar refractivity (Wildman–Crippen MR) is 70.8 cm³/mol. The summed E-state index contributed by atoms with van der Waals surface area (Å²) in [5, 5.41) is 0. The number of methoxy groups -OCH3 is 2. The lowest BCUT2D eigenvalue weighted by molar-refractivity contribution is 0.390. The molecule has 1 aromatic rings. The molecule has 0 fully saturated rings. The molecule has 0 aromatic heterocycles. The van der Waals surface area contributed by atoms with Crippen LogP contribution in [0, 0.1) is 5.92 Å². The summed E-state index contributed by atoms with van der Waals surface area (Å²) in [4.78, 5) is 0.467. The average Bonchev–Trinajstić information content (AvgIpc) is 2.29. The highest BCUT2D eigenvalue weighted by atomic mass is 79.9. The molecule has 0 aliphatic carbocycles. The van der Waals surface area contributed by atoms with Gasteiger partial charge in [-0.15, -0.1) is 0 Å². The average molecular weight is 287 g/mol. The van der Waals surface area contributed by atoms with Crippen molar-refractivity contribution < 1.29 is 9.47 Å². The summed E-state index contributed by atoms with van der Waals surface area (Å²) in [6, 6.07) is 5.96. The minimum atomic E-state index is 0.467. The van der Waals surface area contributed by atoms with Crippen molar-refractivity contribution in [1.82, 2.24) is 0 Å². The Morgan fingerprint density at radius 3 is 2.38 bits per heavy atom. The third-order valence-corrected chi connectivity index (χ3v) is 4.01. The summed E-state index contributed by atoms with van der Waals surface area (Å²) in [6.07, 6.45) is 0.963. The molecular weight excluding hydrogens is 268 g/mol. The maximum atomic E-state index is 5.37. The number of rotatable bonds is 5. The van der Waals surface area contributed by atoms with E-state index in [0.717, 1.165) is 17.9 Å². The first-order chi connectivity index (χ1) is 7.58. The minimum absolute atomic E-state index is 0.467. The summed E-state index contributed by atoms with van der Waals surface area (Å²) in [6.45, 7) is 4.41. The third kappa shape index (κ3) is 3.41. The fourth-order valence-corrected chi connectivity index (χ4v) is 1.82. The zero-order valence-electron chi connectivity index (χ0n) is 10.3. The van der Waals surface area contributed by atoms with Gasteiger partial charge in [-0.05, 0) is 24.0 Å².